The smallest absolute Gasteiger partial charge is 0.265 e. The molecule has 2 aromatic rings. The highest BCUT2D eigenvalue weighted by Crippen LogP contribution is 2.36. The predicted octanol–water partition coefficient (Wildman–Crippen LogP) is 2.81. The van der Waals surface area contributed by atoms with Gasteiger partial charge in [0.15, 0.2) is 6.10 Å². The summed E-state index contributed by atoms with van der Waals surface area (Å²) in [7, 11) is -3.61. The maximum atomic E-state index is 13.0. The minimum atomic E-state index is -3.61. The summed E-state index contributed by atoms with van der Waals surface area (Å²) in [5, 5.41) is 5.73. The van der Waals surface area contributed by atoms with Crippen LogP contribution in [-0.4, -0.2) is 45.7 Å². The lowest BCUT2D eigenvalue weighted by molar-refractivity contribution is -0.122. The summed E-state index contributed by atoms with van der Waals surface area (Å²) < 4.78 is 31.5. The molecule has 2 N–H and O–H groups in total. The van der Waals surface area contributed by atoms with E-state index in [4.69, 9.17) is 16.3 Å². The van der Waals surface area contributed by atoms with Crippen molar-refractivity contribution in [3.05, 3.63) is 65.7 Å². The van der Waals surface area contributed by atoms with Crippen LogP contribution in [0, 0.1) is 0 Å². The Morgan fingerprint density at radius 3 is 2.74 bits per heavy atom. The van der Waals surface area contributed by atoms with Crippen LogP contribution in [0.2, 0.25) is 5.02 Å². The van der Waals surface area contributed by atoms with Crippen molar-refractivity contribution in [2.24, 2.45) is 0 Å². The Hall–Kier alpha value is -3.04. The monoisotopic (exact) mass is 463 g/mol. The van der Waals surface area contributed by atoms with E-state index in [1.54, 1.807) is 36.4 Å². The van der Waals surface area contributed by atoms with Crippen LogP contribution in [0.5, 0.6) is 5.75 Å². The van der Waals surface area contributed by atoms with Gasteiger partial charge >= 0.3 is 0 Å². The van der Waals surface area contributed by atoms with Crippen molar-refractivity contribution in [1.29, 1.82) is 0 Å². The summed E-state index contributed by atoms with van der Waals surface area (Å²) >= 11 is 6.03. The number of halogens is 1. The average Bonchev–Trinajstić information content (AvgIpc) is 2.91. The fourth-order valence-electron chi connectivity index (χ4n) is 3.14. The summed E-state index contributed by atoms with van der Waals surface area (Å²) in [6, 6.07) is 11.1. The van der Waals surface area contributed by atoms with Crippen LogP contribution in [0.25, 0.3) is 0 Å². The molecule has 1 atom stereocenters. The molecule has 2 amide bonds. The number of benzene rings is 2. The van der Waals surface area contributed by atoms with Gasteiger partial charge in [-0.2, -0.15) is 0 Å². The zero-order valence-corrected chi connectivity index (χ0v) is 18.4. The minimum Gasteiger partial charge on any atom is -0.478 e. The van der Waals surface area contributed by atoms with E-state index in [1.807, 2.05) is 0 Å². The number of nitrogens with zero attached hydrogens (tertiary/aromatic N) is 1. The van der Waals surface area contributed by atoms with Crippen LogP contribution in [0.1, 0.15) is 16.8 Å². The molecule has 2 aromatic carbocycles. The second-order valence-electron chi connectivity index (χ2n) is 6.88. The van der Waals surface area contributed by atoms with Gasteiger partial charge in [0, 0.05) is 24.5 Å². The molecular weight excluding hydrogens is 442 g/mol. The van der Waals surface area contributed by atoms with Gasteiger partial charge in [-0.05, 0) is 30.3 Å². The van der Waals surface area contributed by atoms with Crippen LogP contribution in [0.15, 0.2) is 55.1 Å². The Labute approximate surface area is 185 Å². The highest BCUT2D eigenvalue weighted by atomic mass is 35.5. The van der Waals surface area contributed by atoms with Gasteiger partial charge in [0.2, 0.25) is 10.0 Å². The molecule has 1 aliphatic rings. The number of amides is 2. The van der Waals surface area contributed by atoms with E-state index in [2.05, 4.69) is 17.2 Å². The first kappa shape index (κ1) is 22.6. The third-order valence-corrected chi connectivity index (χ3v) is 6.00. The number of carbonyl (C=O) groups is 2. The van der Waals surface area contributed by atoms with Crippen LogP contribution in [0.4, 0.5) is 11.4 Å². The van der Waals surface area contributed by atoms with E-state index in [1.165, 1.54) is 12.1 Å². The average molecular weight is 464 g/mol. The van der Waals surface area contributed by atoms with Crippen molar-refractivity contribution >= 4 is 44.8 Å². The van der Waals surface area contributed by atoms with E-state index in [9.17, 15) is 18.0 Å². The van der Waals surface area contributed by atoms with Gasteiger partial charge < -0.3 is 15.4 Å². The van der Waals surface area contributed by atoms with Crippen molar-refractivity contribution in [2.45, 2.75) is 12.5 Å². The molecule has 0 bridgehead atoms. The van der Waals surface area contributed by atoms with Crippen molar-refractivity contribution < 1.29 is 22.7 Å². The second kappa shape index (κ2) is 9.40. The Morgan fingerprint density at radius 2 is 2.03 bits per heavy atom. The van der Waals surface area contributed by atoms with Crippen LogP contribution < -0.4 is 19.7 Å². The molecule has 0 saturated heterocycles. The maximum Gasteiger partial charge on any atom is 0.265 e. The number of fused-ring (bicyclic) bond motifs is 1. The summed E-state index contributed by atoms with van der Waals surface area (Å²) in [5.74, 6) is -0.634. The van der Waals surface area contributed by atoms with Crippen molar-refractivity contribution in [3.63, 3.8) is 0 Å². The predicted molar refractivity (Wildman–Crippen MR) is 120 cm³/mol. The van der Waals surface area contributed by atoms with E-state index in [0.29, 0.717) is 10.7 Å². The highest BCUT2D eigenvalue weighted by molar-refractivity contribution is 7.92. The molecule has 0 unspecified atom stereocenters. The molecule has 0 aromatic heterocycles. The molecule has 10 heteroatoms. The van der Waals surface area contributed by atoms with Gasteiger partial charge in [0.1, 0.15) is 5.75 Å². The number of carbonyl (C=O) groups excluding carboxylic acids is 2. The Morgan fingerprint density at radius 1 is 1.29 bits per heavy atom. The molecule has 8 nitrogen and oxygen atoms in total. The topological polar surface area (TPSA) is 105 Å². The lowest BCUT2D eigenvalue weighted by atomic mass is 10.1. The molecule has 0 spiro atoms. The molecule has 0 aliphatic carbocycles. The third-order valence-electron chi connectivity index (χ3n) is 4.58. The molecule has 3 rings (SSSR count). The maximum absolute atomic E-state index is 13.0. The highest BCUT2D eigenvalue weighted by Gasteiger charge is 2.31. The van der Waals surface area contributed by atoms with Gasteiger partial charge in [-0.1, -0.05) is 29.8 Å². The molecule has 0 radical (unpaired) electrons. The molecule has 0 saturated carbocycles. The number of para-hydroxylation sites is 1. The van der Waals surface area contributed by atoms with Gasteiger partial charge in [-0.3, -0.25) is 13.9 Å². The molecule has 0 fully saturated rings. The van der Waals surface area contributed by atoms with Gasteiger partial charge in [-0.25, -0.2) is 8.42 Å². The first-order valence-electron chi connectivity index (χ1n) is 9.43. The first-order valence-corrected chi connectivity index (χ1v) is 11.7. The largest absolute Gasteiger partial charge is 0.478 e. The molecule has 164 valence electrons. The van der Waals surface area contributed by atoms with E-state index >= 15 is 0 Å². The fourth-order valence-corrected chi connectivity index (χ4v) is 4.25. The quantitative estimate of drug-likeness (QED) is 0.641. The van der Waals surface area contributed by atoms with Crippen LogP contribution in [0.3, 0.4) is 0 Å². The first-order chi connectivity index (χ1) is 14.7. The van der Waals surface area contributed by atoms with Gasteiger partial charge in [0.25, 0.3) is 11.8 Å². The van der Waals surface area contributed by atoms with Crippen molar-refractivity contribution in [2.75, 3.05) is 29.0 Å². The number of hydrogen-bond acceptors (Lipinski definition) is 5. The zero-order valence-electron chi connectivity index (χ0n) is 16.8. The Bertz CT molecular complexity index is 1120. The summed E-state index contributed by atoms with van der Waals surface area (Å²) in [6.45, 7) is 3.88. The zero-order chi connectivity index (χ0) is 22.6. The number of hydrogen-bond donors (Lipinski definition) is 2. The number of rotatable bonds is 6. The Balaban J connectivity index is 1.85. The summed E-state index contributed by atoms with van der Waals surface area (Å²) in [6.07, 6.45) is 1.76. The van der Waals surface area contributed by atoms with Crippen molar-refractivity contribution in [1.82, 2.24) is 5.32 Å². The summed E-state index contributed by atoms with van der Waals surface area (Å²) in [4.78, 5) is 25.3. The van der Waals surface area contributed by atoms with E-state index in [0.717, 1.165) is 10.6 Å². The van der Waals surface area contributed by atoms with Crippen LogP contribution in [-0.2, 0) is 14.8 Å². The molecule has 31 heavy (non-hydrogen) atoms. The van der Waals surface area contributed by atoms with Crippen LogP contribution >= 0.6 is 11.6 Å². The fraction of sp³-hybridized carbons (Fsp3) is 0.238. The third kappa shape index (κ3) is 5.36. The second-order valence-corrected chi connectivity index (χ2v) is 9.22. The van der Waals surface area contributed by atoms with E-state index in [-0.39, 0.29) is 42.4 Å². The van der Waals surface area contributed by atoms with Crippen molar-refractivity contribution in [3.8, 4) is 5.75 Å². The number of nitrogens with one attached hydrogen (secondary N) is 2. The summed E-state index contributed by atoms with van der Waals surface area (Å²) in [5.41, 5.74) is 0.879. The molecular formula is C21H22ClN3O5S. The standard InChI is InChI=1S/C21H22ClN3O5S/c1-3-11-23-20(26)15-6-4-5-7-16(15)24-21(27)19-10-12-25(31(2,28)29)17-13-14(22)8-9-18(17)30-19/h3-9,13,19H,1,10-12H2,2H3,(H,23,26)(H,24,27)/t19-/m1/s1. The van der Waals surface area contributed by atoms with Gasteiger partial charge in [-0.15, -0.1) is 6.58 Å². The van der Waals surface area contributed by atoms with Gasteiger partial charge in [0.05, 0.1) is 23.2 Å². The molecule has 1 heterocycles. The number of ether oxygens (including phenoxy) is 1. The lowest BCUT2D eigenvalue weighted by Gasteiger charge is -2.21. The Kier molecular flexibility index (Phi) is 6.87. The normalized spacial score (nSPS) is 15.8. The SMILES string of the molecule is C=CCNC(=O)c1ccccc1NC(=O)[C@H]1CCN(S(C)(=O)=O)c2cc(Cl)ccc2O1. The van der Waals surface area contributed by atoms with E-state index < -0.39 is 22.0 Å². The number of anilines is 2. The minimum absolute atomic E-state index is 0.0335. The lowest BCUT2D eigenvalue weighted by Crippen LogP contribution is -2.36. The number of sulfonamides is 1. The molecule has 1 aliphatic heterocycles.